The summed E-state index contributed by atoms with van der Waals surface area (Å²) in [6.45, 7) is 4.47. The summed E-state index contributed by atoms with van der Waals surface area (Å²) in [4.78, 5) is 3.85. The molecule has 1 aliphatic heterocycles. The van der Waals surface area contributed by atoms with Crippen LogP contribution in [0, 0.1) is 0 Å². The Morgan fingerprint density at radius 2 is 2.07 bits per heavy atom. The van der Waals surface area contributed by atoms with Crippen LogP contribution in [0.25, 0.3) is 0 Å². The third-order valence-electron chi connectivity index (χ3n) is 2.57. The number of thiol groups is 1. The lowest BCUT2D eigenvalue weighted by atomic mass is 10.2. The number of piperazine rings is 1. The zero-order valence-corrected chi connectivity index (χ0v) is 9.43. The van der Waals surface area contributed by atoms with E-state index in [1.807, 2.05) is 0 Å². The summed E-state index contributed by atoms with van der Waals surface area (Å²) in [6, 6.07) is 8.85. The summed E-state index contributed by atoms with van der Waals surface area (Å²) in [5.74, 6) is 0. The molecule has 1 heterocycles. The smallest absolute Gasteiger partial charge is 0.154 e. The summed E-state index contributed by atoms with van der Waals surface area (Å²) < 4.78 is 0. The van der Waals surface area contributed by atoms with Gasteiger partial charge in [-0.15, -0.1) is 0 Å². The average Bonchev–Trinajstić information content (AvgIpc) is 2.30. The highest BCUT2D eigenvalue weighted by molar-refractivity contribution is 7.77. The van der Waals surface area contributed by atoms with Gasteiger partial charge in [0.15, 0.2) is 4.90 Å². The van der Waals surface area contributed by atoms with Crippen molar-refractivity contribution in [3.8, 4) is 0 Å². The van der Waals surface area contributed by atoms with Crippen LogP contribution in [-0.4, -0.2) is 32.4 Å². The van der Waals surface area contributed by atoms with E-state index >= 15 is 0 Å². The number of hydrogen-bond acceptors (Lipinski definition) is 2. The van der Waals surface area contributed by atoms with Crippen molar-refractivity contribution in [2.75, 3.05) is 37.3 Å². The third-order valence-corrected chi connectivity index (χ3v) is 3.36. The van der Waals surface area contributed by atoms with Crippen LogP contribution in [0.5, 0.6) is 0 Å². The molecule has 1 aliphatic rings. The number of hydrogen-bond donors (Lipinski definition) is 1. The van der Waals surface area contributed by atoms with Gasteiger partial charge in [0, 0.05) is 49.7 Å². The van der Waals surface area contributed by atoms with Crippen LogP contribution in [0.2, 0.25) is 0 Å². The third kappa shape index (κ3) is 2.22. The normalized spacial score (nSPS) is 17.1. The van der Waals surface area contributed by atoms with Gasteiger partial charge in [0.05, 0.1) is 0 Å². The first-order chi connectivity index (χ1) is 6.90. The highest BCUT2D eigenvalue weighted by atomic mass is 32.2. The van der Waals surface area contributed by atoms with Crippen molar-refractivity contribution in [2.24, 2.45) is 0 Å². The highest BCUT2D eigenvalue weighted by Gasteiger charge is 2.11. The maximum absolute atomic E-state index is 3.37. The van der Waals surface area contributed by atoms with Crippen molar-refractivity contribution in [1.82, 2.24) is 5.32 Å². The van der Waals surface area contributed by atoms with Crippen LogP contribution in [0.15, 0.2) is 29.2 Å². The lowest BCUT2D eigenvalue weighted by molar-refractivity contribution is 0.589. The molecular formula is C11H17N2S+. The van der Waals surface area contributed by atoms with Crippen LogP contribution in [-0.2, 0) is 11.8 Å². The molecule has 1 aromatic carbocycles. The molecule has 0 aliphatic carbocycles. The number of nitrogens with zero attached hydrogens (tertiary/aromatic N) is 1. The average molecular weight is 209 g/mol. The molecule has 0 radical (unpaired) electrons. The van der Waals surface area contributed by atoms with Crippen LogP contribution < -0.4 is 10.2 Å². The largest absolute Gasteiger partial charge is 0.369 e. The summed E-state index contributed by atoms with van der Waals surface area (Å²) >= 11 is 1.35. The van der Waals surface area contributed by atoms with Gasteiger partial charge in [-0.3, -0.25) is 0 Å². The van der Waals surface area contributed by atoms with Gasteiger partial charge in [0.1, 0.15) is 6.26 Å². The van der Waals surface area contributed by atoms with Crippen molar-refractivity contribution in [2.45, 2.75) is 4.90 Å². The lowest BCUT2D eigenvalue weighted by Gasteiger charge is -2.29. The molecule has 0 bridgehead atoms. The first-order valence-corrected chi connectivity index (χ1v) is 6.40. The van der Waals surface area contributed by atoms with E-state index in [9.17, 15) is 0 Å². The monoisotopic (exact) mass is 209 g/mol. The van der Waals surface area contributed by atoms with Crippen LogP contribution in [0.1, 0.15) is 0 Å². The lowest BCUT2D eigenvalue weighted by Crippen LogP contribution is -2.43. The molecule has 0 spiro atoms. The fourth-order valence-corrected chi connectivity index (χ4v) is 2.25. The molecule has 76 valence electrons. The molecule has 1 saturated heterocycles. The van der Waals surface area contributed by atoms with Gasteiger partial charge < -0.3 is 10.2 Å². The van der Waals surface area contributed by atoms with E-state index in [-0.39, 0.29) is 0 Å². The summed E-state index contributed by atoms with van der Waals surface area (Å²) in [6.07, 6.45) is 2.18. The van der Waals surface area contributed by atoms with Gasteiger partial charge >= 0.3 is 0 Å². The van der Waals surface area contributed by atoms with E-state index in [1.54, 1.807) is 0 Å². The highest BCUT2D eigenvalue weighted by Crippen LogP contribution is 2.17. The molecule has 3 heteroatoms. The Labute approximate surface area is 89.7 Å². The van der Waals surface area contributed by atoms with E-state index in [0.717, 1.165) is 26.2 Å². The first-order valence-electron chi connectivity index (χ1n) is 5.06. The number of benzene rings is 1. The molecule has 2 rings (SSSR count). The minimum Gasteiger partial charge on any atom is -0.369 e. The van der Waals surface area contributed by atoms with Crippen LogP contribution in [0.3, 0.4) is 0 Å². The van der Waals surface area contributed by atoms with Crippen molar-refractivity contribution >= 4 is 17.4 Å². The molecule has 0 aromatic heterocycles. The molecular weight excluding hydrogens is 192 g/mol. The van der Waals surface area contributed by atoms with Gasteiger partial charge in [-0.1, -0.05) is 6.07 Å². The predicted octanol–water partition coefficient (Wildman–Crippen LogP) is 0.900. The Bertz CT molecular complexity index is 295. The van der Waals surface area contributed by atoms with Gasteiger partial charge in [-0.05, 0) is 12.1 Å². The van der Waals surface area contributed by atoms with Crippen LogP contribution in [0.4, 0.5) is 5.69 Å². The Hall–Kier alpha value is -0.670. The van der Waals surface area contributed by atoms with E-state index in [2.05, 4.69) is 40.7 Å². The second kappa shape index (κ2) is 4.71. The topological polar surface area (TPSA) is 15.3 Å². The van der Waals surface area contributed by atoms with Crippen molar-refractivity contribution in [1.29, 1.82) is 0 Å². The number of nitrogens with one attached hydrogen (secondary N) is 1. The molecule has 1 fully saturated rings. The molecule has 0 atom stereocenters. The van der Waals surface area contributed by atoms with Gasteiger partial charge in [-0.2, -0.15) is 0 Å². The molecule has 1 N–H and O–H groups in total. The second-order valence-corrected chi connectivity index (χ2v) is 4.44. The summed E-state index contributed by atoms with van der Waals surface area (Å²) in [5, 5.41) is 3.37. The predicted molar refractivity (Wildman–Crippen MR) is 64.5 cm³/mol. The molecule has 2 nitrogen and oxygen atoms in total. The minimum absolute atomic E-state index is 1.11. The SMILES string of the molecule is C[SH+]c1cccc(N2CCNCC2)c1. The second-order valence-electron chi connectivity index (χ2n) is 3.48. The van der Waals surface area contributed by atoms with E-state index in [0.29, 0.717) is 0 Å². The van der Waals surface area contributed by atoms with Crippen molar-refractivity contribution in [3.63, 3.8) is 0 Å². The first kappa shape index (κ1) is 9.87. The Morgan fingerprint density at radius 1 is 1.29 bits per heavy atom. The Morgan fingerprint density at radius 3 is 2.79 bits per heavy atom. The van der Waals surface area contributed by atoms with Crippen molar-refractivity contribution in [3.05, 3.63) is 24.3 Å². The van der Waals surface area contributed by atoms with Crippen LogP contribution >= 0.6 is 0 Å². The summed E-state index contributed by atoms with van der Waals surface area (Å²) in [7, 11) is 0. The number of rotatable bonds is 2. The maximum Gasteiger partial charge on any atom is 0.154 e. The molecule has 1 aromatic rings. The van der Waals surface area contributed by atoms with Crippen molar-refractivity contribution < 1.29 is 0 Å². The minimum atomic E-state index is 1.11. The van der Waals surface area contributed by atoms with Gasteiger partial charge in [0.2, 0.25) is 0 Å². The Balaban J connectivity index is 2.13. The van der Waals surface area contributed by atoms with E-state index in [4.69, 9.17) is 0 Å². The number of anilines is 1. The van der Waals surface area contributed by atoms with Gasteiger partial charge in [0.25, 0.3) is 0 Å². The quantitative estimate of drug-likeness (QED) is 0.575. The van der Waals surface area contributed by atoms with E-state index < -0.39 is 0 Å². The molecule has 14 heavy (non-hydrogen) atoms. The zero-order chi connectivity index (χ0) is 9.80. The van der Waals surface area contributed by atoms with Gasteiger partial charge in [-0.25, -0.2) is 0 Å². The zero-order valence-electron chi connectivity index (χ0n) is 8.53. The standard InChI is InChI=1S/C11H16N2S/c1-14-11-4-2-3-10(9-11)13-7-5-12-6-8-13/h2-4,9,12H,5-8H2,1H3/p+1. The molecule has 0 amide bonds. The Kier molecular flexibility index (Phi) is 3.32. The fraction of sp³-hybridized carbons (Fsp3) is 0.455. The molecule has 0 saturated carbocycles. The summed E-state index contributed by atoms with van der Waals surface area (Å²) in [5.41, 5.74) is 1.37. The van der Waals surface area contributed by atoms with E-state index in [1.165, 1.54) is 22.3 Å². The molecule has 0 unspecified atom stereocenters. The fourth-order valence-electron chi connectivity index (χ4n) is 1.75. The maximum atomic E-state index is 3.37.